The van der Waals surface area contributed by atoms with E-state index in [1.54, 1.807) is 0 Å². The van der Waals surface area contributed by atoms with Gasteiger partial charge < -0.3 is 14.5 Å². The highest BCUT2D eigenvalue weighted by atomic mass is 32.1. The first kappa shape index (κ1) is 18.1. The van der Waals surface area contributed by atoms with Gasteiger partial charge in [-0.1, -0.05) is 6.07 Å². The molecule has 25 heavy (non-hydrogen) atoms. The number of ether oxygens (including phenoxy) is 1. The van der Waals surface area contributed by atoms with Gasteiger partial charge in [0.15, 0.2) is 0 Å². The van der Waals surface area contributed by atoms with Crippen LogP contribution >= 0.6 is 11.3 Å². The van der Waals surface area contributed by atoms with Crippen LogP contribution in [0.5, 0.6) is 0 Å². The zero-order valence-corrected chi connectivity index (χ0v) is 15.8. The fourth-order valence-corrected chi connectivity index (χ4v) is 3.88. The second-order valence-corrected chi connectivity index (χ2v) is 7.62. The molecule has 0 radical (unpaired) electrons. The Hall–Kier alpha value is -1.70. The first-order valence-electron chi connectivity index (χ1n) is 8.68. The van der Waals surface area contributed by atoms with Gasteiger partial charge in [0.1, 0.15) is 5.70 Å². The van der Waals surface area contributed by atoms with Crippen LogP contribution in [0.1, 0.15) is 18.7 Å². The summed E-state index contributed by atoms with van der Waals surface area (Å²) in [5, 5.41) is 1.94. The van der Waals surface area contributed by atoms with Crippen molar-refractivity contribution in [1.29, 1.82) is 0 Å². The summed E-state index contributed by atoms with van der Waals surface area (Å²) in [5.74, 6) is -0.390. The lowest BCUT2D eigenvalue weighted by molar-refractivity contribution is -0.138. The van der Waals surface area contributed by atoms with Gasteiger partial charge in [-0.2, -0.15) is 0 Å². The molecule has 1 saturated heterocycles. The maximum atomic E-state index is 13.0. The van der Waals surface area contributed by atoms with Crippen LogP contribution in [0.3, 0.4) is 0 Å². The van der Waals surface area contributed by atoms with Crippen molar-refractivity contribution in [2.24, 2.45) is 0 Å². The van der Waals surface area contributed by atoms with Gasteiger partial charge in [0.05, 0.1) is 24.8 Å². The van der Waals surface area contributed by atoms with Gasteiger partial charge in [0.25, 0.3) is 11.8 Å². The molecule has 0 spiro atoms. The minimum atomic E-state index is -0.200. The molecule has 1 aromatic heterocycles. The SMILES string of the molecule is CC(C)OCCN1C(=O)C(c2cccs2)=C(N2CCN(C)CC2)C1=O. The van der Waals surface area contributed by atoms with E-state index in [1.807, 2.05) is 31.4 Å². The summed E-state index contributed by atoms with van der Waals surface area (Å²) in [7, 11) is 2.07. The Balaban J connectivity index is 1.86. The van der Waals surface area contributed by atoms with Crippen LogP contribution in [0, 0.1) is 0 Å². The lowest BCUT2D eigenvalue weighted by atomic mass is 10.1. The van der Waals surface area contributed by atoms with E-state index in [-0.39, 0.29) is 17.9 Å². The molecule has 2 aliphatic rings. The van der Waals surface area contributed by atoms with Gasteiger partial charge in [0.2, 0.25) is 0 Å². The number of nitrogens with zero attached hydrogens (tertiary/aromatic N) is 3. The van der Waals surface area contributed by atoms with Crippen molar-refractivity contribution in [3.63, 3.8) is 0 Å². The van der Waals surface area contributed by atoms with Crippen molar-refractivity contribution in [2.75, 3.05) is 46.4 Å². The van der Waals surface area contributed by atoms with E-state index in [9.17, 15) is 9.59 Å². The van der Waals surface area contributed by atoms with Crippen LogP contribution in [0.25, 0.3) is 5.57 Å². The molecule has 1 aromatic rings. The van der Waals surface area contributed by atoms with Gasteiger partial charge in [-0.3, -0.25) is 14.5 Å². The molecule has 3 heterocycles. The van der Waals surface area contributed by atoms with Gasteiger partial charge >= 0.3 is 0 Å². The summed E-state index contributed by atoms with van der Waals surface area (Å²) in [6.07, 6.45) is 0.0784. The number of likely N-dealkylation sites (N-methyl/N-ethyl adjacent to an activating group) is 1. The normalized spacial score (nSPS) is 19.7. The van der Waals surface area contributed by atoms with E-state index >= 15 is 0 Å². The second kappa shape index (κ2) is 7.68. The number of carbonyl (C=O) groups is 2. The van der Waals surface area contributed by atoms with Crippen LogP contribution in [0.4, 0.5) is 0 Å². The summed E-state index contributed by atoms with van der Waals surface area (Å²) in [6.45, 7) is 7.84. The lowest BCUT2D eigenvalue weighted by Crippen LogP contribution is -2.46. The maximum absolute atomic E-state index is 13.0. The highest BCUT2D eigenvalue weighted by molar-refractivity contribution is 7.11. The average molecular weight is 363 g/mol. The first-order chi connectivity index (χ1) is 12.0. The van der Waals surface area contributed by atoms with Crippen LogP contribution < -0.4 is 0 Å². The number of hydrogen-bond acceptors (Lipinski definition) is 6. The van der Waals surface area contributed by atoms with E-state index in [0.717, 1.165) is 31.1 Å². The van der Waals surface area contributed by atoms with Crippen LogP contribution in [0.15, 0.2) is 23.2 Å². The summed E-state index contributed by atoms with van der Waals surface area (Å²) in [5.41, 5.74) is 1.11. The Bertz CT molecular complexity index is 661. The molecule has 0 N–H and O–H groups in total. The van der Waals surface area contributed by atoms with Crippen molar-refractivity contribution in [2.45, 2.75) is 20.0 Å². The lowest BCUT2D eigenvalue weighted by Gasteiger charge is -2.34. The van der Waals surface area contributed by atoms with Crippen molar-refractivity contribution in [3.05, 3.63) is 28.1 Å². The zero-order valence-electron chi connectivity index (χ0n) is 15.0. The Morgan fingerprint density at radius 2 is 1.88 bits per heavy atom. The maximum Gasteiger partial charge on any atom is 0.277 e. The molecule has 0 bridgehead atoms. The quantitative estimate of drug-likeness (QED) is 0.717. The topological polar surface area (TPSA) is 53.1 Å². The number of piperazine rings is 1. The van der Waals surface area contributed by atoms with Crippen molar-refractivity contribution in [1.82, 2.24) is 14.7 Å². The first-order valence-corrected chi connectivity index (χ1v) is 9.56. The van der Waals surface area contributed by atoms with Crippen molar-refractivity contribution < 1.29 is 14.3 Å². The molecular formula is C18H25N3O3S. The smallest absolute Gasteiger partial charge is 0.277 e. The predicted molar refractivity (Wildman–Crippen MR) is 98.1 cm³/mol. The predicted octanol–water partition coefficient (Wildman–Crippen LogP) is 1.50. The number of amides is 2. The van der Waals surface area contributed by atoms with E-state index < -0.39 is 0 Å². The third-order valence-electron chi connectivity index (χ3n) is 4.50. The van der Waals surface area contributed by atoms with Gasteiger partial charge in [-0.05, 0) is 32.3 Å². The number of rotatable bonds is 6. The molecule has 1 fully saturated rings. The second-order valence-electron chi connectivity index (χ2n) is 6.67. The third-order valence-corrected chi connectivity index (χ3v) is 5.38. The van der Waals surface area contributed by atoms with E-state index in [0.29, 0.717) is 24.4 Å². The van der Waals surface area contributed by atoms with E-state index in [4.69, 9.17) is 4.74 Å². The molecule has 6 nitrogen and oxygen atoms in total. The van der Waals surface area contributed by atoms with Crippen LogP contribution in [-0.2, 0) is 14.3 Å². The number of carbonyl (C=O) groups excluding carboxylic acids is 2. The fourth-order valence-electron chi connectivity index (χ4n) is 3.11. The molecule has 0 aromatic carbocycles. The molecular weight excluding hydrogens is 338 g/mol. The van der Waals surface area contributed by atoms with Gasteiger partial charge in [-0.25, -0.2) is 0 Å². The van der Waals surface area contributed by atoms with Crippen LogP contribution in [-0.4, -0.2) is 79.0 Å². The molecule has 0 atom stereocenters. The Labute approximate surface area is 152 Å². The van der Waals surface area contributed by atoms with Crippen molar-refractivity contribution >= 4 is 28.7 Å². The van der Waals surface area contributed by atoms with E-state index in [2.05, 4.69) is 16.8 Å². The number of imide groups is 1. The largest absolute Gasteiger partial charge is 0.377 e. The summed E-state index contributed by atoms with van der Waals surface area (Å²) in [6, 6.07) is 3.83. The molecule has 136 valence electrons. The Morgan fingerprint density at radius 3 is 2.48 bits per heavy atom. The molecule has 2 amide bonds. The highest BCUT2D eigenvalue weighted by Crippen LogP contribution is 2.34. The zero-order chi connectivity index (χ0) is 18.0. The summed E-state index contributed by atoms with van der Waals surface area (Å²) in [4.78, 5) is 32.5. The summed E-state index contributed by atoms with van der Waals surface area (Å²) < 4.78 is 5.54. The fraction of sp³-hybridized carbons (Fsp3) is 0.556. The monoisotopic (exact) mass is 363 g/mol. The molecule has 0 aliphatic carbocycles. The molecule has 2 aliphatic heterocycles. The van der Waals surface area contributed by atoms with Crippen molar-refractivity contribution in [3.8, 4) is 0 Å². The van der Waals surface area contributed by atoms with Crippen LogP contribution in [0.2, 0.25) is 0 Å². The average Bonchev–Trinajstić information content (AvgIpc) is 3.17. The highest BCUT2D eigenvalue weighted by Gasteiger charge is 2.42. The van der Waals surface area contributed by atoms with Gasteiger partial charge in [0, 0.05) is 31.1 Å². The number of hydrogen-bond donors (Lipinski definition) is 0. The molecule has 3 rings (SSSR count). The minimum Gasteiger partial charge on any atom is -0.377 e. The van der Waals surface area contributed by atoms with Gasteiger partial charge in [-0.15, -0.1) is 11.3 Å². The molecule has 0 saturated carbocycles. The summed E-state index contributed by atoms with van der Waals surface area (Å²) >= 11 is 1.50. The number of thiophene rings is 1. The Morgan fingerprint density at radius 1 is 1.16 bits per heavy atom. The third kappa shape index (κ3) is 3.78. The standard InChI is InChI=1S/C18H25N3O3S/c1-13(2)24-11-10-21-17(22)15(14-5-4-12-25-14)16(18(21)23)20-8-6-19(3)7-9-20/h4-5,12-13H,6-11H2,1-3H3. The van der Waals surface area contributed by atoms with E-state index in [1.165, 1.54) is 16.2 Å². The minimum absolute atomic E-state index is 0.0784. The molecule has 0 unspecified atom stereocenters. The Kier molecular flexibility index (Phi) is 5.56. The molecule has 7 heteroatoms.